The minimum absolute atomic E-state index is 0.0480. The number of nitrogens with one attached hydrogen (secondary N) is 1. The molecule has 1 heterocycles. The summed E-state index contributed by atoms with van der Waals surface area (Å²) >= 11 is 0. The molecular weight excluding hydrogens is 386 g/mol. The van der Waals surface area contributed by atoms with E-state index in [4.69, 9.17) is 9.47 Å². The van der Waals surface area contributed by atoms with E-state index in [9.17, 15) is 4.79 Å². The second-order valence-corrected chi connectivity index (χ2v) is 8.64. The Kier molecular flexibility index (Phi) is 5.99. The van der Waals surface area contributed by atoms with Crippen LogP contribution in [0.4, 0.5) is 0 Å². The van der Waals surface area contributed by atoms with Crippen molar-refractivity contribution in [3.8, 4) is 11.5 Å². The summed E-state index contributed by atoms with van der Waals surface area (Å²) in [5.41, 5.74) is 3.66. The van der Waals surface area contributed by atoms with E-state index in [1.807, 2.05) is 74.5 Å². The van der Waals surface area contributed by atoms with Gasteiger partial charge in [0.05, 0.1) is 13.2 Å². The number of ether oxygens (including phenoxy) is 2. The third kappa shape index (κ3) is 4.91. The van der Waals surface area contributed by atoms with Crippen LogP contribution in [0.15, 0.2) is 72.8 Å². The number of fused-ring (bicyclic) bond motifs is 1. The standard InChI is InChI=1S/C27H29NO3/c1-27(2)18-24(23-16-15-21(30-3)17-25(23)31-27)28-26(29)22-12-8-7-11-20(22)14-13-19-9-5-4-6-10-19/h4-12,15-17,24H,13-14,18H2,1-3H3,(H,28,29). The van der Waals surface area contributed by atoms with Gasteiger partial charge in [0.2, 0.25) is 0 Å². The number of carbonyl (C=O) groups is 1. The van der Waals surface area contributed by atoms with Crippen molar-refractivity contribution in [1.29, 1.82) is 0 Å². The van der Waals surface area contributed by atoms with Gasteiger partial charge in [-0.25, -0.2) is 0 Å². The van der Waals surface area contributed by atoms with Crippen molar-refractivity contribution in [2.45, 2.75) is 44.8 Å². The average molecular weight is 416 g/mol. The maximum Gasteiger partial charge on any atom is 0.252 e. The Hall–Kier alpha value is -3.27. The number of benzene rings is 3. The predicted octanol–water partition coefficient (Wildman–Crippen LogP) is 5.51. The molecule has 31 heavy (non-hydrogen) atoms. The van der Waals surface area contributed by atoms with Crippen molar-refractivity contribution in [2.75, 3.05) is 7.11 Å². The van der Waals surface area contributed by atoms with Crippen molar-refractivity contribution in [2.24, 2.45) is 0 Å². The van der Waals surface area contributed by atoms with Gasteiger partial charge in [-0.3, -0.25) is 4.79 Å². The number of aryl methyl sites for hydroxylation is 2. The van der Waals surface area contributed by atoms with Crippen molar-refractivity contribution in [3.05, 3.63) is 95.1 Å². The molecule has 0 spiro atoms. The minimum atomic E-state index is -0.385. The van der Waals surface area contributed by atoms with Crippen molar-refractivity contribution < 1.29 is 14.3 Å². The van der Waals surface area contributed by atoms with Gasteiger partial charge in [0, 0.05) is 23.6 Å². The molecule has 1 N–H and O–H groups in total. The van der Waals surface area contributed by atoms with Gasteiger partial charge in [0.15, 0.2) is 0 Å². The Labute approximate surface area is 184 Å². The molecule has 1 amide bonds. The van der Waals surface area contributed by atoms with Gasteiger partial charge in [0.1, 0.15) is 17.1 Å². The van der Waals surface area contributed by atoms with Gasteiger partial charge in [0.25, 0.3) is 5.91 Å². The second kappa shape index (κ2) is 8.84. The monoisotopic (exact) mass is 415 g/mol. The number of hydrogen-bond donors (Lipinski definition) is 1. The Morgan fingerprint density at radius 1 is 1.03 bits per heavy atom. The lowest BCUT2D eigenvalue weighted by Gasteiger charge is -2.38. The summed E-state index contributed by atoms with van der Waals surface area (Å²) < 4.78 is 11.5. The molecule has 3 aromatic carbocycles. The lowest BCUT2D eigenvalue weighted by Crippen LogP contribution is -2.41. The van der Waals surface area contributed by atoms with Gasteiger partial charge in [-0.05, 0) is 56.0 Å². The van der Waals surface area contributed by atoms with Crippen molar-refractivity contribution in [1.82, 2.24) is 5.32 Å². The molecule has 1 aliphatic heterocycles. The van der Waals surface area contributed by atoms with Crippen LogP contribution in [-0.4, -0.2) is 18.6 Å². The van der Waals surface area contributed by atoms with E-state index in [-0.39, 0.29) is 17.6 Å². The van der Waals surface area contributed by atoms with Crippen LogP contribution in [0.25, 0.3) is 0 Å². The van der Waals surface area contributed by atoms with E-state index >= 15 is 0 Å². The van der Waals surface area contributed by atoms with Crippen LogP contribution < -0.4 is 14.8 Å². The number of hydrogen-bond acceptors (Lipinski definition) is 3. The van der Waals surface area contributed by atoms with E-state index in [1.165, 1.54) is 5.56 Å². The molecule has 4 rings (SSSR count). The predicted molar refractivity (Wildman–Crippen MR) is 123 cm³/mol. The highest BCUT2D eigenvalue weighted by Crippen LogP contribution is 2.41. The Bertz CT molecular complexity index is 1060. The molecule has 0 aromatic heterocycles. The quantitative estimate of drug-likeness (QED) is 0.577. The van der Waals surface area contributed by atoms with E-state index in [1.54, 1.807) is 7.11 Å². The first kappa shape index (κ1) is 21.0. The summed E-state index contributed by atoms with van der Waals surface area (Å²) in [5, 5.41) is 3.26. The first-order chi connectivity index (χ1) is 14.9. The third-order valence-electron chi connectivity index (χ3n) is 5.77. The van der Waals surface area contributed by atoms with E-state index in [0.717, 1.165) is 41.0 Å². The fourth-order valence-electron chi connectivity index (χ4n) is 4.21. The number of amides is 1. The summed E-state index contributed by atoms with van der Waals surface area (Å²) in [5.74, 6) is 1.46. The summed E-state index contributed by atoms with van der Waals surface area (Å²) in [6.07, 6.45) is 2.42. The smallest absolute Gasteiger partial charge is 0.252 e. The molecule has 0 saturated heterocycles. The lowest BCUT2D eigenvalue weighted by molar-refractivity contribution is 0.0617. The first-order valence-electron chi connectivity index (χ1n) is 10.7. The topological polar surface area (TPSA) is 47.6 Å². The normalized spacial score (nSPS) is 16.7. The summed E-state index contributed by atoms with van der Waals surface area (Å²) in [6, 6.07) is 23.9. The van der Waals surface area contributed by atoms with Crippen LogP contribution in [0.5, 0.6) is 11.5 Å². The Morgan fingerprint density at radius 3 is 2.55 bits per heavy atom. The van der Waals surface area contributed by atoms with Crippen LogP contribution in [0.2, 0.25) is 0 Å². The largest absolute Gasteiger partial charge is 0.497 e. The highest BCUT2D eigenvalue weighted by atomic mass is 16.5. The van der Waals surface area contributed by atoms with Crippen LogP contribution in [-0.2, 0) is 12.8 Å². The van der Waals surface area contributed by atoms with E-state index < -0.39 is 0 Å². The third-order valence-corrected chi connectivity index (χ3v) is 5.77. The maximum atomic E-state index is 13.3. The molecule has 1 atom stereocenters. The number of rotatable bonds is 6. The summed E-state index contributed by atoms with van der Waals surface area (Å²) in [4.78, 5) is 13.3. The van der Waals surface area contributed by atoms with Gasteiger partial charge < -0.3 is 14.8 Å². The molecular formula is C27H29NO3. The van der Waals surface area contributed by atoms with Crippen LogP contribution in [0.3, 0.4) is 0 Å². The summed E-state index contributed by atoms with van der Waals surface area (Å²) in [7, 11) is 1.64. The number of methoxy groups -OCH3 is 1. The minimum Gasteiger partial charge on any atom is -0.497 e. The summed E-state index contributed by atoms with van der Waals surface area (Å²) in [6.45, 7) is 4.09. The second-order valence-electron chi connectivity index (χ2n) is 8.64. The lowest BCUT2D eigenvalue weighted by atomic mass is 9.89. The molecule has 0 saturated carbocycles. The fraction of sp³-hybridized carbons (Fsp3) is 0.296. The molecule has 4 heteroatoms. The Morgan fingerprint density at radius 2 is 1.77 bits per heavy atom. The molecule has 0 aliphatic carbocycles. The molecule has 1 unspecified atom stereocenters. The zero-order chi connectivity index (χ0) is 21.8. The van der Waals surface area contributed by atoms with Crippen LogP contribution in [0.1, 0.15) is 53.4 Å². The highest BCUT2D eigenvalue weighted by Gasteiger charge is 2.35. The molecule has 0 bridgehead atoms. The average Bonchev–Trinajstić information content (AvgIpc) is 2.77. The molecule has 0 radical (unpaired) electrons. The molecule has 160 valence electrons. The molecule has 4 nitrogen and oxygen atoms in total. The fourth-order valence-corrected chi connectivity index (χ4v) is 4.21. The van der Waals surface area contributed by atoms with Crippen molar-refractivity contribution in [3.63, 3.8) is 0 Å². The molecule has 3 aromatic rings. The SMILES string of the molecule is COc1ccc2c(c1)OC(C)(C)CC2NC(=O)c1ccccc1CCc1ccccc1. The Balaban J connectivity index is 1.55. The van der Waals surface area contributed by atoms with Gasteiger partial charge in [-0.2, -0.15) is 0 Å². The van der Waals surface area contributed by atoms with Gasteiger partial charge in [-0.15, -0.1) is 0 Å². The molecule has 0 fully saturated rings. The van der Waals surface area contributed by atoms with E-state index in [0.29, 0.717) is 6.42 Å². The zero-order valence-electron chi connectivity index (χ0n) is 18.4. The highest BCUT2D eigenvalue weighted by molar-refractivity contribution is 5.96. The van der Waals surface area contributed by atoms with Crippen LogP contribution in [0, 0.1) is 0 Å². The molecule has 1 aliphatic rings. The van der Waals surface area contributed by atoms with Crippen LogP contribution >= 0.6 is 0 Å². The van der Waals surface area contributed by atoms with E-state index in [2.05, 4.69) is 17.4 Å². The zero-order valence-corrected chi connectivity index (χ0v) is 18.4. The van der Waals surface area contributed by atoms with Crippen molar-refractivity contribution >= 4 is 5.91 Å². The number of carbonyl (C=O) groups excluding carboxylic acids is 1. The van der Waals surface area contributed by atoms with Gasteiger partial charge >= 0.3 is 0 Å². The first-order valence-corrected chi connectivity index (χ1v) is 10.7. The van der Waals surface area contributed by atoms with Gasteiger partial charge in [-0.1, -0.05) is 48.5 Å². The maximum absolute atomic E-state index is 13.3.